The van der Waals surface area contributed by atoms with Crippen LogP contribution in [0.5, 0.6) is 0 Å². The van der Waals surface area contributed by atoms with Gasteiger partial charge in [-0.25, -0.2) is 4.79 Å². The van der Waals surface area contributed by atoms with Crippen molar-refractivity contribution in [2.75, 3.05) is 0 Å². The molecule has 0 aromatic carbocycles. The van der Waals surface area contributed by atoms with Crippen LogP contribution < -0.4 is 5.32 Å². The third-order valence-corrected chi connectivity index (χ3v) is 3.85. The van der Waals surface area contributed by atoms with Crippen molar-refractivity contribution in [2.45, 2.75) is 38.8 Å². The smallest absolute Gasteiger partial charge is 0.336 e. The van der Waals surface area contributed by atoms with Gasteiger partial charge in [-0.1, -0.05) is 12.8 Å². The third-order valence-electron chi connectivity index (χ3n) is 2.91. The standard InChI is InChI=1S/C12H17NO2S/c1-8(4-9-2-3-9)13-6-11-5-10(7-16-11)12(14)15/h5,7-9,13H,2-4,6H2,1H3,(H,14,15). The van der Waals surface area contributed by atoms with E-state index < -0.39 is 5.97 Å². The molecule has 3 nitrogen and oxygen atoms in total. The predicted molar refractivity (Wildman–Crippen MR) is 64.9 cm³/mol. The molecule has 0 aliphatic heterocycles. The number of hydrogen-bond donors (Lipinski definition) is 2. The number of carboxylic acids is 1. The number of hydrogen-bond acceptors (Lipinski definition) is 3. The summed E-state index contributed by atoms with van der Waals surface area (Å²) in [5, 5.41) is 13.9. The Hall–Kier alpha value is -0.870. The van der Waals surface area contributed by atoms with Crippen molar-refractivity contribution in [3.8, 4) is 0 Å². The highest BCUT2D eigenvalue weighted by atomic mass is 32.1. The number of aromatic carboxylic acids is 1. The second-order valence-electron chi connectivity index (χ2n) is 4.57. The zero-order valence-corrected chi connectivity index (χ0v) is 10.2. The van der Waals surface area contributed by atoms with Gasteiger partial charge in [0.05, 0.1) is 5.56 Å². The van der Waals surface area contributed by atoms with Crippen molar-refractivity contribution in [1.82, 2.24) is 5.32 Å². The molecule has 0 saturated heterocycles. The van der Waals surface area contributed by atoms with Gasteiger partial charge < -0.3 is 10.4 Å². The van der Waals surface area contributed by atoms with Gasteiger partial charge in [0, 0.05) is 22.8 Å². The third kappa shape index (κ3) is 3.32. The number of carbonyl (C=O) groups is 1. The van der Waals surface area contributed by atoms with Gasteiger partial charge in [0.2, 0.25) is 0 Å². The minimum Gasteiger partial charge on any atom is -0.478 e. The molecule has 1 fully saturated rings. The number of rotatable bonds is 6. The summed E-state index contributed by atoms with van der Waals surface area (Å²) in [4.78, 5) is 11.8. The van der Waals surface area contributed by atoms with E-state index in [9.17, 15) is 4.79 Å². The van der Waals surface area contributed by atoms with Crippen molar-refractivity contribution in [1.29, 1.82) is 0 Å². The molecule has 1 aromatic heterocycles. The van der Waals surface area contributed by atoms with Crippen LogP contribution in [0.3, 0.4) is 0 Å². The van der Waals surface area contributed by atoms with Crippen LogP contribution in [0.4, 0.5) is 0 Å². The first-order valence-electron chi connectivity index (χ1n) is 5.69. The lowest BCUT2D eigenvalue weighted by Crippen LogP contribution is -2.25. The Labute approximate surface area is 99.5 Å². The van der Waals surface area contributed by atoms with Crippen LogP contribution >= 0.6 is 11.3 Å². The fourth-order valence-corrected chi connectivity index (χ4v) is 2.61. The minimum absolute atomic E-state index is 0.400. The van der Waals surface area contributed by atoms with Crippen LogP contribution in [0.15, 0.2) is 11.4 Å². The zero-order valence-electron chi connectivity index (χ0n) is 9.40. The average Bonchev–Trinajstić information content (AvgIpc) is 2.91. The van der Waals surface area contributed by atoms with Crippen molar-refractivity contribution < 1.29 is 9.90 Å². The number of nitrogens with one attached hydrogen (secondary N) is 1. The SMILES string of the molecule is CC(CC1CC1)NCc1cc(C(=O)O)cs1. The summed E-state index contributed by atoms with van der Waals surface area (Å²) in [6, 6.07) is 2.28. The highest BCUT2D eigenvalue weighted by Crippen LogP contribution is 2.33. The summed E-state index contributed by atoms with van der Waals surface area (Å²) in [5.41, 5.74) is 0.400. The Morgan fingerprint density at radius 1 is 1.69 bits per heavy atom. The molecule has 2 rings (SSSR count). The molecular weight excluding hydrogens is 222 g/mol. The maximum Gasteiger partial charge on any atom is 0.336 e. The van der Waals surface area contributed by atoms with E-state index in [0.29, 0.717) is 11.6 Å². The molecule has 0 radical (unpaired) electrons. The molecule has 16 heavy (non-hydrogen) atoms. The van der Waals surface area contributed by atoms with Gasteiger partial charge in [-0.3, -0.25) is 0 Å². The first kappa shape index (κ1) is 11.6. The average molecular weight is 239 g/mol. The largest absolute Gasteiger partial charge is 0.478 e. The van der Waals surface area contributed by atoms with E-state index in [-0.39, 0.29) is 0 Å². The molecule has 1 heterocycles. The lowest BCUT2D eigenvalue weighted by atomic mass is 10.1. The molecule has 1 aromatic rings. The topological polar surface area (TPSA) is 49.3 Å². The Balaban J connectivity index is 1.76. The molecular formula is C12H17NO2S. The maximum atomic E-state index is 10.7. The molecule has 88 valence electrons. The van der Waals surface area contributed by atoms with E-state index in [2.05, 4.69) is 12.2 Å². The predicted octanol–water partition coefficient (Wildman–Crippen LogP) is 2.72. The fourth-order valence-electron chi connectivity index (χ4n) is 1.80. The van der Waals surface area contributed by atoms with Gasteiger partial charge in [-0.2, -0.15) is 0 Å². The fraction of sp³-hybridized carbons (Fsp3) is 0.583. The van der Waals surface area contributed by atoms with Gasteiger partial charge in [-0.05, 0) is 25.3 Å². The number of carboxylic acid groups (broad SMARTS) is 1. The Morgan fingerprint density at radius 3 is 3.00 bits per heavy atom. The molecule has 0 amide bonds. The van der Waals surface area contributed by atoms with Gasteiger partial charge in [0.15, 0.2) is 0 Å². The summed E-state index contributed by atoms with van der Waals surface area (Å²) >= 11 is 1.51. The van der Waals surface area contributed by atoms with Crippen LogP contribution in [-0.4, -0.2) is 17.1 Å². The zero-order chi connectivity index (χ0) is 11.5. The molecule has 2 N–H and O–H groups in total. The van der Waals surface area contributed by atoms with Crippen molar-refractivity contribution in [3.63, 3.8) is 0 Å². The molecule has 1 saturated carbocycles. The van der Waals surface area contributed by atoms with Crippen molar-refractivity contribution >= 4 is 17.3 Å². The summed E-state index contributed by atoms with van der Waals surface area (Å²) in [7, 11) is 0. The quantitative estimate of drug-likeness (QED) is 0.802. The minimum atomic E-state index is -0.839. The molecule has 4 heteroatoms. The van der Waals surface area contributed by atoms with Crippen LogP contribution in [-0.2, 0) is 6.54 Å². The molecule has 1 atom stereocenters. The van der Waals surface area contributed by atoms with Crippen LogP contribution in [0.1, 0.15) is 41.4 Å². The Kier molecular flexibility index (Phi) is 3.61. The molecule has 1 unspecified atom stereocenters. The van der Waals surface area contributed by atoms with Crippen molar-refractivity contribution in [3.05, 3.63) is 21.9 Å². The van der Waals surface area contributed by atoms with Gasteiger partial charge in [0.1, 0.15) is 0 Å². The first-order valence-corrected chi connectivity index (χ1v) is 6.57. The van der Waals surface area contributed by atoms with Gasteiger partial charge in [-0.15, -0.1) is 11.3 Å². The summed E-state index contributed by atoms with van der Waals surface area (Å²) < 4.78 is 0. The molecule has 1 aliphatic carbocycles. The second-order valence-corrected chi connectivity index (χ2v) is 5.56. The lowest BCUT2D eigenvalue weighted by Gasteiger charge is -2.11. The molecule has 0 bridgehead atoms. The molecule has 0 spiro atoms. The van der Waals surface area contributed by atoms with E-state index in [4.69, 9.17) is 5.11 Å². The summed E-state index contributed by atoms with van der Waals surface area (Å²) in [5.74, 6) is 0.0916. The van der Waals surface area contributed by atoms with Crippen LogP contribution in [0, 0.1) is 5.92 Å². The normalized spacial score (nSPS) is 17.3. The van der Waals surface area contributed by atoms with E-state index in [1.165, 1.54) is 30.6 Å². The monoisotopic (exact) mass is 239 g/mol. The Morgan fingerprint density at radius 2 is 2.44 bits per heavy atom. The van der Waals surface area contributed by atoms with Crippen LogP contribution in [0.2, 0.25) is 0 Å². The summed E-state index contributed by atoms with van der Waals surface area (Å²) in [6.45, 7) is 2.98. The van der Waals surface area contributed by atoms with Crippen LogP contribution in [0.25, 0.3) is 0 Å². The highest BCUT2D eigenvalue weighted by molar-refractivity contribution is 7.10. The summed E-state index contributed by atoms with van der Waals surface area (Å²) in [6.07, 6.45) is 4.01. The lowest BCUT2D eigenvalue weighted by molar-refractivity contribution is 0.0697. The van der Waals surface area contributed by atoms with Gasteiger partial charge >= 0.3 is 5.97 Å². The van der Waals surface area contributed by atoms with E-state index in [1.54, 1.807) is 11.4 Å². The van der Waals surface area contributed by atoms with E-state index >= 15 is 0 Å². The maximum absolute atomic E-state index is 10.7. The second kappa shape index (κ2) is 4.97. The Bertz CT molecular complexity index is 371. The van der Waals surface area contributed by atoms with E-state index in [1.807, 2.05) is 0 Å². The highest BCUT2D eigenvalue weighted by Gasteiger charge is 2.23. The molecule has 1 aliphatic rings. The van der Waals surface area contributed by atoms with Crippen molar-refractivity contribution in [2.24, 2.45) is 5.92 Å². The van der Waals surface area contributed by atoms with Gasteiger partial charge in [0.25, 0.3) is 0 Å². The first-order chi connectivity index (χ1) is 7.65. The number of thiophene rings is 1. The van der Waals surface area contributed by atoms with E-state index in [0.717, 1.165) is 17.3 Å².